The van der Waals surface area contributed by atoms with E-state index >= 15 is 0 Å². The molecule has 0 fully saturated rings. The summed E-state index contributed by atoms with van der Waals surface area (Å²) in [6.45, 7) is 2.72. The number of nitro groups is 1. The van der Waals surface area contributed by atoms with Crippen LogP contribution in [0.2, 0.25) is 0 Å². The van der Waals surface area contributed by atoms with Crippen molar-refractivity contribution in [2.45, 2.75) is 0 Å². The van der Waals surface area contributed by atoms with Crippen LogP contribution in [0.4, 0.5) is 10.1 Å². The summed E-state index contributed by atoms with van der Waals surface area (Å²) in [7, 11) is 0. The van der Waals surface area contributed by atoms with E-state index in [9.17, 15) is 19.3 Å². The van der Waals surface area contributed by atoms with Crippen molar-refractivity contribution in [1.29, 1.82) is 0 Å². The summed E-state index contributed by atoms with van der Waals surface area (Å²) < 4.78 is 17.7. The fourth-order valence-corrected chi connectivity index (χ4v) is 0.981. The normalized spacial score (nSPS) is 9.71. The molecule has 1 aromatic carbocycles. The molecular weight excluding hydrogens is 233 g/mol. The maximum absolute atomic E-state index is 12.9. The molecule has 0 aromatic heterocycles. The highest BCUT2D eigenvalue weighted by Crippen LogP contribution is 2.27. The van der Waals surface area contributed by atoms with Crippen molar-refractivity contribution in [1.82, 2.24) is 0 Å². The average molecular weight is 241 g/mol. The van der Waals surface area contributed by atoms with E-state index in [-0.39, 0.29) is 11.3 Å². The smallest absolute Gasteiger partial charge is 0.334 e. The summed E-state index contributed by atoms with van der Waals surface area (Å²) in [6, 6.07) is 2.67. The Balaban J connectivity index is 2.89. The van der Waals surface area contributed by atoms with E-state index in [0.29, 0.717) is 0 Å². The van der Waals surface area contributed by atoms with Crippen molar-refractivity contribution >= 4 is 11.7 Å². The van der Waals surface area contributed by atoms with Gasteiger partial charge in [0, 0.05) is 12.1 Å². The second kappa shape index (κ2) is 5.06. The van der Waals surface area contributed by atoms with Crippen molar-refractivity contribution < 1.29 is 24.0 Å². The number of carbonyl (C=O) groups is 1. The molecule has 0 saturated heterocycles. The van der Waals surface area contributed by atoms with Crippen molar-refractivity contribution in [3.8, 4) is 5.75 Å². The van der Waals surface area contributed by atoms with Gasteiger partial charge in [-0.3, -0.25) is 10.1 Å². The highest BCUT2D eigenvalue weighted by Gasteiger charge is 2.16. The van der Waals surface area contributed by atoms with Gasteiger partial charge in [-0.1, -0.05) is 6.58 Å². The fraction of sp³-hybridized carbons (Fsp3) is 0.100. The third-order valence-corrected chi connectivity index (χ3v) is 1.82. The molecule has 0 saturated carbocycles. The molecule has 0 aliphatic carbocycles. The molecule has 0 atom stereocenters. The lowest BCUT2D eigenvalue weighted by Crippen LogP contribution is -2.09. The molecule has 0 aliphatic heterocycles. The van der Waals surface area contributed by atoms with Crippen molar-refractivity contribution in [2.75, 3.05) is 6.61 Å². The van der Waals surface area contributed by atoms with E-state index in [4.69, 9.17) is 9.84 Å². The molecule has 0 bridgehead atoms. The number of hydrogen-bond donors (Lipinski definition) is 1. The van der Waals surface area contributed by atoms with E-state index in [1.165, 1.54) is 0 Å². The molecule has 0 amide bonds. The Kier molecular flexibility index (Phi) is 3.76. The molecule has 1 rings (SSSR count). The van der Waals surface area contributed by atoms with Gasteiger partial charge in [-0.05, 0) is 6.07 Å². The largest absolute Gasteiger partial charge is 0.482 e. The standard InChI is InChI=1S/C10H8FNO5/c1-6(10(13)14)5-17-9-4-7(11)2-3-8(9)12(15)16/h2-4H,1,5H2,(H,13,14). The lowest BCUT2D eigenvalue weighted by atomic mass is 10.3. The van der Waals surface area contributed by atoms with Crippen LogP contribution < -0.4 is 4.74 Å². The number of rotatable bonds is 5. The second-order valence-electron chi connectivity index (χ2n) is 3.07. The quantitative estimate of drug-likeness (QED) is 0.482. The Morgan fingerprint density at radius 1 is 1.59 bits per heavy atom. The SMILES string of the molecule is C=C(COc1cc(F)ccc1[N+](=O)[O-])C(=O)O. The average Bonchev–Trinajstić information content (AvgIpc) is 2.25. The second-order valence-corrected chi connectivity index (χ2v) is 3.07. The molecule has 0 aliphatic rings. The topological polar surface area (TPSA) is 89.7 Å². The molecular formula is C10H8FNO5. The zero-order valence-corrected chi connectivity index (χ0v) is 8.55. The number of ether oxygens (including phenoxy) is 1. The van der Waals surface area contributed by atoms with Crippen molar-refractivity contribution in [3.05, 3.63) is 46.3 Å². The Bertz CT molecular complexity index is 486. The number of nitrogens with zero attached hydrogens (tertiary/aromatic N) is 1. The molecule has 0 heterocycles. The first-order valence-electron chi connectivity index (χ1n) is 4.39. The number of hydrogen-bond acceptors (Lipinski definition) is 4. The van der Waals surface area contributed by atoms with Crippen molar-refractivity contribution in [2.24, 2.45) is 0 Å². The number of benzene rings is 1. The van der Waals surface area contributed by atoms with Gasteiger partial charge < -0.3 is 9.84 Å². The number of carboxylic acid groups (broad SMARTS) is 1. The Labute approximate surface area is 95.1 Å². The highest BCUT2D eigenvalue weighted by molar-refractivity contribution is 5.86. The van der Waals surface area contributed by atoms with Gasteiger partial charge in [0.2, 0.25) is 0 Å². The van der Waals surface area contributed by atoms with Gasteiger partial charge >= 0.3 is 11.7 Å². The van der Waals surface area contributed by atoms with Gasteiger partial charge in [0.25, 0.3) is 0 Å². The third-order valence-electron chi connectivity index (χ3n) is 1.82. The summed E-state index contributed by atoms with van der Waals surface area (Å²) >= 11 is 0. The Morgan fingerprint density at radius 3 is 2.76 bits per heavy atom. The van der Waals surface area contributed by atoms with Crippen LogP contribution in [0.15, 0.2) is 30.4 Å². The first-order chi connectivity index (χ1) is 7.91. The van der Waals surface area contributed by atoms with E-state index < -0.39 is 29.0 Å². The van der Waals surface area contributed by atoms with Gasteiger partial charge in [-0.15, -0.1) is 0 Å². The van der Waals surface area contributed by atoms with Crippen LogP contribution in [0.1, 0.15) is 0 Å². The summed E-state index contributed by atoms with van der Waals surface area (Å²) in [6.07, 6.45) is 0. The van der Waals surface area contributed by atoms with Crippen LogP contribution in [0.25, 0.3) is 0 Å². The molecule has 90 valence electrons. The van der Waals surface area contributed by atoms with Gasteiger partial charge in [-0.2, -0.15) is 0 Å². The Hall–Kier alpha value is -2.44. The molecule has 0 spiro atoms. The monoisotopic (exact) mass is 241 g/mol. The van der Waals surface area contributed by atoms with Gasteiger partial charge in [0.05, 0.1) is 10.5 Å². The number of carboxylic acids is 1. The Morgan fingerprint density at radius 2 is 2.24 bits per heavy atom. The lowest BCUT2D eigenvalue weighted by Gasteiger charge is -2.06. The predicted molar refractivity (Wildman–Crippen MR) is 55.3 cm³/mol. The molecule has 0 radical (unpaired) electrons. The summed E-state index contributed by atoms with van der Waals surface area (Å²) in [5.74, 6) is -2.34. The zero-order valence-electron chi connectivity index (χ0n) is 8.55. The molecule has 1 aromatic rings. The number of halogens is 1. The van der Waals surface area contributed by atoms with E-state index in [0.717, 1.165) is 18.2 Å². The maximum atomic E-state index is 12.9. The van der Waals surface area contributed by atoms with Gasteiger partial charge in [0.15, 0.2) is 5.75 Å². The van der Waals surface area contributed by atoms with Crippen LogP contribution in [0, 0.1) is 15.9 Å². The first kappa shape index (κ1) is 12.6. The van der Waals surface area contributed by atoms with Crippen molar-refractivity contribution in [3.63, 3.8) is 0 Å². The van der Waals surface area contributed by atoms with E-state index in [1.54, 1.807) is 0 Å². The molecule has 1 N–H and O–H groups in total. The summed E-state index contributed by atoms with van der Waals surface area (Å²) in [4.78, 5) is 20.2. The van der Waals surface area contributed by atoms with Crippen LogP contribution in [0.5, 0.6) is 5.75 Å². The number of aliphatic carboxylic acids is 1. The summed E-state index contributed by atoms with van der Waals surface area (Å²) in [5.41, 5.74) is -0.729. The predicted octanol–water partition coefficient (Wildman–Crippen LogP) is 1.75. The van der Waals surface area contributed by atoms with Crippen LogP contribution >= 0.6 is 0 Å². The van der Waals surface area contributed by atoms with Crippen LogP contribution in [-0.2, 0) is 4.79 Å². The minimum atomic E-state index is -1.29. The zero-order chi connectivity index (χ0) is 13.0. The molecule has 7 heteroatoms. The fourth-order valence-electron chi connectivity index (χ4n) is 0.981. The van der Waals surface area contributed by atoms with Gasteiger partial charge in [-0.25, -0.2) is 9.18 Å². The number of nitro benzene ring substituents is 1. The van der Waals surface area contributed by atoms with Crippen LogP contribution in [-0.4, -0.2) is 22.6 Å². The minimum absolute atomic E-state index is 0.288. The first-order valence-corrected chi connectivity index (χ1v) is 4.39. The molecule has 6 nitrogen and oxygen atoms in total. The lowest BCUT2D eigenvalue weighted by molar-refractivity contribution is -0.385. The van der Waals surface area contributed by atoms with E-state index in [1.807, 2.05) is 0 Å². The van der Waals surface area contributed by atoms with Crippen LogP contribution in [0.3, 0.4) is 0 Å². The molecule has 0 unspecified atom stereocenters. The highest BCUT2D eigenvalue weighted by atomic mass is 19.1. The van der Waals surface area contributed by atoms with Gasteiger partial charge in [0.1, 0.15) is 12.4 Å². The minimum Gasteiger partial charge on any atom is -0.482 e. The van der Waals surface area contributed by atoms with E-state index in [2.05, 4.69) is 6.58 Å². The summed E-state index contributed by atoms with van der Waals surface area (Å²) in [5, 5.41) is 19.1. The third kappa shape index (κ3) is 3.26. The molecule has 17 heavy (non-hydrogen) atoms. The maximum Gasteiger partial charge on any atom is 0.334 e.